The maximum atomic E-state index is 12.1. The molecule has 0 radical (unpaired) electrons. The third-order valence-corrected chi connectivity index (χ3v) is 3.68. The van der Waals surface area contributed by atoms with E-state index in [0.717, 1.165) is 25.7 Å². The van der Waals surface area contributed by atoms with Crippen LogP contribution in [-0.2, 0) is 4.79 Å². The van der Waals surface area contributed by atoms with E-state index in [2.05, 4.69) is 5.32 Å². The Hall–Kier alpha value is -2.32. The maximum Gasteiger partial charge on any atom is 0.262 e. The fourth-order valence-corrected chi connectivity index (χ4v) is 2.41. The summed E-state index contributed by atoms with van der Waals surface area (Å²) >= 11 is 0. The van der Waals surface area contributed by atoms with Gasteiger partial charge in [-0.2, -0.15) is 5.26 Å². The minimum Gasteiger partial charge on any atom is -0.508 e. The summed E-state index contributed by atoms with van der Waals surface area (Å²) in [6, 6.07) is 8.57. The first-order valence-electron chi connectivity index (χ1n) is 7.06. The number of aromatic hydroxyl groups is 1. The second kappa shape index (κ2) is 6.91. The van der Waals surface area contributed by atoms with Crippen LogP contribution in [0.15, 0.2) is 29.8 Å². The average Bonchev–Trinajstić information content (AvgIpc) is 2.49. The second-order valence-electron chi connectivity index (χ2n) is 5.35. The van der Waals surface area contributed by atoms with Crippen LogP contribution < -0.4 is 11.1 Å². The lowest BCUT2D eigenvalue weighted by atomic mass is 9.91. The Balaban J connectivity index is 2.01. The Morgan fingerprint density at radius 3 is 2.48 bits per heavy atom. The lowest BCUT2D eigenvalue weighted by Gasteiger charge is -2.26. The van der Waals surface area contributed by atoms with Gasteiger partial charge in [-0.05, 0) is 49.5 Å². The molecule has 0 saturated heterocycles. The van der Waals surface area contributed by atoms with E-state index in [1.165, 1.54) is 18.2 Å². The molecule has 1 aliphatic carbocycles. The van der Waals surface area contributed by atoms with Crippen molar-refractivity contribution in [1.82, 2.24) is 5.32 Å². The molecule has 0 aromatic heterocycles. The van der Waals surface area contributed by atoms with Crippen molar-refractivity contribution in [2.75, 3.05) is 0 Å². The van der Waals surface area contributed by atoms with Crippen LogP contribution in [-0.4, -0.2) is 23.1 Å². The number of benzene rings is 1. The van der Waals surface area contributed by atoms with Gasteiger partial charge < -0.3 is 16.2 Å². The molecule has 1 amide bonds. The first kappa shape index (κ1) is 15.1. The minimum absolute atomic E-state index is 0.0653. The zero-order chi connectivity index (χ0) is 15.2. The smallest absolute Gasteiger partial charge is 0.262 e. The average molecular weight is 285 g/mol. The third-order valence-electron chi connectivity index (χ3n) is 3.68. The number of nitriles is 1. The van der Waals surface area contributed by atoms with Crippen LogP contribution in [0.25, 0.3) is 6.08 Å². The largest absolute Gasteiger partial charge is 0.508 e. The molecule has 0 bridgehead atoms. The maximum absolute atomic E-state index is 12.1. The van der Waals surface area contributed by atoms with Crippen LogP contribution in [0.5, 0.6) is 5.75 Å². The van der Waals surface area contributed by atoms with E-state index in [9.17, 15) is 9.90 Å². The fourth-order valence-electron chi connectivity index (χ4n) is 2.41. The van der Waals surface area contributed by atoms with Crippen molar-refractivity contribution in [2.24, 2.45) is 5.73 Å². The van der Waals surface area contributed by atoms with Gasteiger partial charge in [-0.1, -0.05) is 12.1 Å². The Labute approximate surface area is 124 Å². The van der Waals surface area contributed by atoms with Crippen molar-refractivity contribution in [3.63, 3.8) is 0 Å². The minimum atomic E-state index is -0.356. The van der Waals surface area contributed by atoms with Crippen LogP contribution in [0, 0.1) is 11.3 Å². The molecule has 5 nitrogen and oxygen atoms in total. The van der Waals surface area contributed by atoms with Crippen LogP contribution in [0.4, 0.5) is 0 Å². The molecular formula is C16H19N3O2. The third kappa shape index (κ3) is 4.33. The summed E-state index contributed by atoms with van der Waals surface area (Å²) in [5.41, 5.74) is 6.60. The van der Waals surface area contributed by atoms with Gasteiger partial charge in [0, 0.05) is 12.1 Å². The number of amides is 1. The van der Waals surface area contributed by atoms with Gasteiger partial charge in [-0.3, -0.25) is 4.79 Å². The number of nitrogens with two attached hydrogens (primary N) is 1. The summed E-state index contributed by atoms with van der Waals surface area (Å²) in [6.07, 6.45) is 5.02. The number of carbonyl (C=O) groups excluding carboxylic acids is 1. The van der Waals surface area contributed by atoms with Crippen molar-refractivity contribution in [2.45, 2.75) is 37.8 Å². The molecule has 1 aliphatic rings. The number of hydrogen-bond acceptors (Lipinski definition) is 4. The molecule has 1 aromatic rings. The van der Waals surface area contributed by atoms with Crippen molar-refractivity contribution in [3.05, 3.63) is 35.4 Å². The van der Waals surface area contributed by atoms with Crippen molar-refractivity contribution >= 4 is 12.0 Å². The molecule has 4 N–H and O–H groups in total. The molecule has 0 heterocycles. The molecule has 2 rings (SSSR count). The van der Waals surface area contributed by atoms with E-state index in [4.69, 9.17) is 11.0 Å². The van der Waals surface area contributed by atoms with E-state index >= 15 is 0 Å². The summed E-state index contributed by atoms with van der Waals surface area (Å²) in [4.78, 5) is 12.1. The number of nitrogens with zero attached hydrogens (tertiary/aromatic N) is 1. The molecule has 0 aliphatic heterocycles. The molecule has 0 unspecified atom stereocenters. The van der Waals surface area contributed by atoms with Crippen molar-refractivity contribution in [1.29, 1.82) is 5.26 Å². The zero-order valence-electron chi connectivity index (χ0n) is 11.7. The predicted octanol–water partition coefficient (Wildman–Crippen LogP) is 1.69. The quantitative estimate of drug-likeness (QED) is 0.581. The number of phenols is 1. The summed E-state index contributed by atoms with van der Waals surface area (Å²) in [7, 11) is 0. The first-order chi connectivity index (χ1) is 10.1. The molecule has 1 fully saturated rings. The van der Waals surface area contributed by atoms with Crippen LogP contribution in [0.1, 0.15) is 31.2 Å². The van der Waals surface area contributed by atoms with Gasteiger partial charge in [0.05, 0.1) is 0 Å². The SMILES string of the molecule is N#C/C(=C\c1ccc(O)cc1)C(=O)NC1CCC(N)CC1. The van der Waals surface area contributed by atoms with Gasteiger partial charge >= 0.3 is 0 Å². The molecule has 5 heteroatoms. The summed E-state index contributed by atoms with van der Waals surface area (Å²) in [6.45, 7) is 0. The number of hydrogen-bond donors (Lipinski definition) is 3. The van der Waals surface area contributed by atoms with E-state index < -0.39 is 0 Å². The van der Waals surface area contributed by atoms with E-state index in [-0.39, 0.29) is 29.3 Å². The Morgan fingerprint density at radius 2 is 1.90 bits per heavy atom. The van der Waals surface area contributed by atoms with Gasteiger partial charge in [0.2, 0.25) is 0 Å². The highest BCUT2D eigenvalue weighted by atomic mass is 16.3. The van der Waals surface area contributed by atoms with Crippen molar-refractivity contribution in [3.8, 4) is 11.8 Å². The van der Waals surface area contributed by atoms with E-state index in [0.29, 0.717) is 5.56 Å². The fraction of sp³-hybridized carbons (Fsp3) is 0.375. The highest BCUT2D eigenvalue weighted by Crippen LogP contribution is 2.18. The molecule has 0 atom stereocenters. The molecular weight excluding hydrogens is 266 g/mol. The number of carbonyl (C=O) groups is 1. The standard InChI is InChI=1S/C16H19N3O2/c17-10-12(9-11-1-7-15(20)8-2-11)16(21)19-14-5-3-13(18)4-6-14/h1-2,7-9,13-14,20H,3-6,18H2,(H,19,21)/b12-9+. The Bertz CT molecular complexity index is 564. The van der Waals surface area contributed by atoms with E-state index in [1.807, 2.05) is 6.07 Å². The normalized spacial score (nSPS) is 22.4. The van der Waals surface area contributed by atoms with E-state index in [1.54, 1.807) is 12.1 Å². The molecule has 21 heavy (non-hydrogen) atoms. The number of rotatable bonds is 3. The monoisotopic (exact) mass is 285 g/mol. The molecule has 1 aromatic carbocycles. The van der Waals surface area contributed by atoms with Crippen LogP contribution in [0.3, 0.4) is 0 Å². The summed E-state index contributed by atoms with van der Waals surface area (Å²) < 4.78 is 0. The van der Waals surface area contributed by atoms with Gasteiger partial charge in [0.1, 0.15) is 17.4 Å². The first-order valence-corrected chi connectivity index (χ1v) is 7.06. The highest BCUT2D eigenvalue weighted by molar-refractivity contribution is 6.01. The Kier molecular flexibility index (Phi) is 4.96. The van der Waals surface area contributed by atoms with Crippen molar-refractivity contribution < 1.29 is 9.90 Å². The van der Waals surface area contributed by atoms with Gasteiger partial charge in [0.15, 0.2) is 0 Å². The topological polar surface area (TPSA) is 99.1 Å². The second-order valence-corrected chi connectivity index (χ2v) is 5.35. The Morgan fingerprint density at radius 1 is 1.29 bits per heavy atom. The molecule has 0 spiro atoms. The summed E-state index contributed by atoms with van der Waals surface area (Å²) in [5, 5.41) is 21.2. The van der Waals surface area contributed by atoms with Gasteiger partial charge in [0.25, 0.3) is 5.91 Å². The molecule has 1 saturated carbocycles. The van der Waals surface area contributed by atoms with Gasteiger partial charge in [-0.25, -0.2) is 0 Å². The van der Waals surface area contributed by atoms with Crippen LogP contribution in [0.2, 0.25) is 0 Å². The highest BCUT2D eigenvalue weighted by Gasteiger charge is 2.21. The summed E-state index contributed by atoms with van der Waals surface area (Å²) in [5.74, 6) is -0.209. The molecule has 110 valence electrons. The predicted molar refractivity (Wildman–Crippen MR) is 80.1 cm³/mol. The van der Waals surface area contributed by atoms with Crippen LogP contribution >= 0.6 is 0 Å². The number of phenolic OH excluding ortho intramolecular Hbond substituents is 1. The van der Waals surface area contributed by atoms with Gasteiger partial charge in [-0.15, -0.1) is 0 Å². The zero-order valence-corrected chi connectivity index (χ0v) is 11.7. The lowest BCUT2D eigenvalue weighted by molar-refractivity contribution is -0.117. The number of nitrogens with one attached hydrogen (secondary N) is 1. The lowest BCUT2D eigenvalue weighted by Crippen LogP contribution is -2.40.